The van der Waals surface area contributed by atoms with E-state index in [9.17, 15) is 26.3 Å². The van der Waals surface area contributed by atoms with Crippen molar-refractivity contribution in [3.63, 3.8) is 0 Å². The Labute approximate surface area is 74.5 Å². The summed E-state index contributed by atoms with van der Waals surface area (Å²) < 4.78 is 71.3. The summed E-state index contributed by atoms with van der Waals surface area (Å²) in [6, 6.07) is 0. The lowest BCUT2D eigenvalue weighted by atomic mass is 10.3. The Morgan fingerprint density at radius 1 is 1.14 bits per heavy atom. The normalized spacial score (nSPS) is 18.4. The van der Waals surface area contributed by atoms with Gasteiger partial charge in [0, 0.05) is 6.20 Å². The third kappa shape index (κ3) is 2.39. The topological polar surface area (TPSA) is 15.6 Å². The van der Waals surface area contributed by atoms with Crippen LogP contribution in [0.15, 0.2) is 17.3 Å². The Balaban J connectivity index is 2.72. The zero-order valence-electron chi connectivity index (χ0n) is 6.52. The molecule has 1 heterocycles. The van der Waals surface area contributed by atoms with Crippen LogP contribution in [0.4, 0.5) is 26.3 Å². The number of nitrogens with zero attached hydrogens (tertiary/aromatic N) is 2. The Morgan fingerprint density at radius 3 is 2.00 bits per heavy atom. The summed E-state index contributed by atoms with van der Waals surface area (Å²) in [7, 11) is 0. The molecule has 0 spiro atoms. The maximum Gasteiger partial charge on any atom is 0.485 e. The Morgan fingerprint density at radius 2 is 1.71 bits per heavy atom. The van der Waals surface area contributed by atoms with Gasteiger partial charge in [0.1, 0.15) is 12.4 Å². The molecule has 0 radical (unpaired) electrons. The van der Waals surface area contributed by atoms with Gasteiger partial charge in [0.25, 0.3) is 0 Å². The first-order valence-corrected chi connectivity index (χ1v) is 3.34. The van der Waals surface area contributed by atoms with Crippen molar-refractivity contribution in [2.24, 2.45) is 4.99 Å². The fourth-order valence-corrected chi connectivity index (χ4v) is 0.762. The highest BCUT2D eigenvalue weighted by atomic mass is 19.4. The molecule has 0 unspecified atom stereocenters. The van der Waals surface area contributed by atoms with Gasteiger partial charge in [0.2, 0.25) is 0 Å². The smallest absolute Gasteiger partial charge is 0.271 e. The van der Waals surface area contributed by atoms with E-state index in [4.69, 9.17) is 0 Å². The van der Waals surface area contributed by atoms with Crippen LogP contribution < -0.4 is 0 Å². The first-order chi connectivity index (χ1) is 6.21. The van der Waals surface area contributed by atoms with E-state index in [1.165, 1.54) is 0 Å². The van der Waals surface area contributed by atoms with Crippen LogP contribution in [0, 0.1) is 0 Å². The van der Waals surface area contributed by atoms with Crippen molar-refractivity contribution < 1.29 is 26.3 Å². The van der Waals surface area contributed by atoms with Crippen molar-refractivity contribution in [1.82, 2.24) is 4.90 Å². The van der Waals surface area contributed by atoms with Crippen molar-refractivity contribution in [1.29, 1.82) is 0 Å². The van der Waals surface area contributed by atoms with Crippen LogP contribution in [-0.4, -0.2) is 29.8 Å². The maximum absolute atomic E-state index is 11.9. The van der Waals surface area contributed by atoms with Crippen LogP contribution in [0.1, 0.15) is 0 Å². The number of aliphatic imine (C=N–C) groups is 1. The SMILES string of the molecule is FC(F)(F)C1=NCN(C(F)(F)F)C=C1. The molecule has 14 heavy (non-hydrogen) atoms. The van der Waals surface area contributed by atoms with E-state index >= 15 is 0 Å². The molecule has 2 nitrogen and oxygen atoms in total. The van der Waals surface area contributed by atoms with E-state index in [0.29, 0.717) is 6.20 Å². The molecular weight excluding hydrogens is 214 g/mol. The van der Waals surface area contributed by atoms with Crippen molar-refractivity contribution in [3.8, 4) is 0 Å². The summed E-state index contributed by atoms with van der Waals surface area (Å²) in [5, 5.41) is 0. The van der Waals surface area contributed by atoms with E-state index < -0.39 is 24.9 Å². The highest BCUT2D eigenvalue weighted by Gasteiger charge is 2.40. The number of hydrogen-bond donors (Lipinski definition) is 0. The summed E-state index contributed by atoms with van der Waals surface area (Å²) in [6.07, 6.45) is -8.79. The molecule has 80 valence electrons. The van der Waals surface area contributed by atoms with Gasteiger partial charge in [-0.1, -0.05) is 0 Å². The minimum Gasteiger partial charge on any atom is -0.271 e. The molecule has 8 heteroatoms. The number of halogens is 6. The predicted molar refractivity (Wildman–Crippen MR) is 35.4 cm³/mol. The first kappa shape index (κ1) is 10.9. The van der Waals surface area contributed by atoms with Crippen LogP contribution in [0.3, 0.4) is 0 Å². The zero-order chi connectivity index (χ0) is 11.0. The lowest BCUT2D eigenvalue weighted by Gasteiger charge is -2.24. The third-order valence-corrected chi connectivity index (χ3v) is 1.42. The maximum atomic E-state index is 11.9. The molecule has 0 aromatic heterocycles. The Kier molecular flexibility index (Phi) is 2.47. The molecular formula is C6H4F6N2. The number of hydrogen-bond acceptors (Lipinski definition) is 2. The van der Waals surface area contributed by atoms with Crippen molar-refractivity contribution in [2.75, 3.05) is 6.67 Å². The molecule has 0 amide bonds. The minimum atomic E-state index is -4.70. The zero-order valence-corrected chi connectivity index (χ0v) is 6.52. The summed E-state index contributed by atoms with van der Waals surface area (Å²) in [5.41, 5.74) is -1.31. The standard InChI is InChI=1S/C6H4F6N2/c7-5(8,9)4-1-2-14(3-13-4)6(10,11)12/h1-2H,3H2. The summed E-state index contributed by atoms with van der Waals surface area (Å²) >= 11 is 0. The fraction of sp³-hybridized carbons (Fsp3) is 0.500. The van der Waals surface area contributed by atoms with Crippen LogP contribution in [0.25, 0.3) is 0 Å². The lowest BCUT2D eigenvalue weighted by Crippen LogP contribution is -2.37. The quantitative estimate of drug-likeness (QED) is 0.450. The van der Waals surface area contributed by atoms with Crippen LogP contribution in [0.5, 0.6) is 0 Å². The third-order valence-electron chi connectivity index (χ3n) is 1.42. The Hall–Kier alpha value is -1.21. The van der Waals surface area contributed by atoms with Gasteiger partial charge in [0.05, 0.1) is 0 Å². The molecule has 0 fully saturated rings. The average molecular weight is 218 g/mol. The van der Waals surface area contributed by atoms with Gasteiger partial charge in [-0.2, -0.15) is 26.3 Å². The van der Waals surface area contributed by atoms with Gasteiger partial charge >= 0.3 is 12.5 Å². The van der Waals surface area contributed by atoms with Gasteiger partial charge in [-0.15, -0.1) is 0 Å². The van der Waals surface area contributed by atoms with E-state index in [0.717, 1.165) is 0 Å². The second-order valence-corrected chi connectivity index (χ2v) is 2.44. The van der Waals surface area contributed by atoms with Gasteiger partial charge < -0.3 is 0 Å². The van der Waals surface area contributed by atoms with Gasteiger partial charge in [0.15, 0.2) is 0 Å². The average Bonchev–Trinajstić information content (AvgIpc) is 2.01. The van der Waals surface area contributed by atoms with Crippen molar-refractivity contribution in [3.05, 3.63) is 12.3 Å². The van der Waals surface area contributed by atoms with Crippen LogP contribution in [0.2, 0.25) is 0 Å². The molecule has 0 aromatic rings. The number of allylic oxidation sites excluding steroid dienone is 1. The van der Waals surface area contributed by atoms with Gasteiger partial charge in [-0.05, 0) is 6.08 Å². The molecule has 0 aliphatic carbocycles. The van der Waals surface area contributed by atoms with E-state index in [1.54, 1.807) is 0 Å². The largest absolute Gasteiger partial charge is 0.485 e. The molecule has 1 aliphatic rings. The summed E-state index contributed by atoms with van der Waals surface area (Å²) in [5.74, 6) is 0. The molecule has 1 aliphatic heterocycles. The highest BCUT2D eigenvalue weighted by molar-refractivity contribution is 5.99. The van der Waals surface area contributed by atoms with Crippen LogP contribution >= 0.6 is 0 Å². The van der Waals surface area contributed by atoms with E-state index in [-0.39, 0.29) is 11.0 Å². The second kappa shape index (κ2) is 3.18. The Bertz CT molecular complexity index is 273. The molecule has 0 N–H and O–H groups in total. The van der Waals surface area contributed by atoms with Crippen LogP contribution in [-0.2, 0) is 0 Å². The minimum absolute atomic E-state index is 0.248. The van der Waals surface area contributed by atoms with Crippen molar-refractivity contribution >= 4 is 5.71 Å². The number of alkyl halides is 6. The summed E-state index contributed by atoms with van der Waals surface area (Å²) in [6.45, 7) is -1.06. The van der Waals surface area contributed by atoms with E-state index in [1.807, 2.05) is 0 Å². The van der Waals surface area contributed by atoms with Gasteiger partial charge in [-0.25, -0.2) is 0 Å². The second-order valence-electron chi connectivity index (χ2n) is 2.44. The number of rotatable bonds is 0. The molecule has 0 bridgehead atoms. The molecule has 1 rings (SSSR count). The highest BCUT2D eigenvalue weighted by Crippen LogP contribution is 2.26. The monoisotopic (exact) mass is 218 g/mol. The van der Waals surface area contributed by atoms with E-state index in [2.05, 4.69) is 4.99 Å². The van der Waals surface area contributed by atoms with Gasteiger partial charge in [-0.3, -0.25) is 9.89 Å². The summed E-state index contributed by atoms with van der Waals surface area (Å²) in [4.78, 5) is 2.51. The fourth-order valence-electron chi connectivity index (χ4n) is 0.762. The molecule has 0 saturated carbocycles. The molecule has 0 saturated heterocycles. The predicted octanol–water partition coefficient (Wildman–Crippen LogP) is 2.30. The molecule has 0 aromatic carbocycles. The van der Waals surface area contributed by atoms with Crippen molar-refractivity contribution in [2.45, 2.75) is 12.5 Å². The lowest BCUT2D eigenvalue weighted by molar-refractivity contribution is -0.227. The molecule has 0 atom stereocenters. The first-order valence-electron chi connectivity index (χ1n) is 3.34.